The Bertz CT molecular complexity index is 1050. The number of benzene rings is 2. The lowest BCUT2D eigenvalue weighted by Gasteiger charge is -2.08. The number of H-pyrrole nitrogens is 1. The summed E-state index contributed by atoms with van der Waals surface area (Å²) in [5.74, 6) is 1.36. The summed E-state index contributed by atoms with van der Waals surface area (Å²) in [6, 6.07) is 17.3. The minimum absolute atomic E-state index is 0.127. The van der Waals surface area contributed by atoms with Crippen LogP contribution in [0.25, 0.3) is 21.7 Å². The number of aromatic amines is 1. The van der Waals surface area contributed by atoms with Crippen LogP contribution in [0.1, 0.15) is 5.82 Å². The van der Waals surface area contributed by atoms with Crippen LogP contribution in [-0.2, 0) is 6.54 Å². The first kappa shape index (κ1) is 13.5. The van der Waals surface area contributed by atoms with Gasteiger partial charge in [-0.25, -0.2) is 9.97 Å². The van der Waals surface area contributed by atoms with Gasteiger partial charge in [-0.15, -0.1) is 0 Å². The molecule has 0 spiro atoms. The third-order valence-corrected chi connectivity index (χ3v) is 3.76. The van der Waals surface area contributed by atoms with Crippen LogP contribution in [0.5, 0.6) is 0 Å². The van der Waals surface area contributed by atoms with Gasteiger partial charge in [-0.3, -0.25) is 4.79 Å². The Morgan fingerprint density at radius 2 is 1.74 bits per heavy atom. The molecular formula is C18H14N4O. The van der Waals surface area contributed by atoms with E-state index in [1.165, 1.54) is 0 Å². The highest BCUT2D eigenvalue weighted by atomic mass is 16.1. The molecule has 2 N–H and O–H groups in total. The predicted octanol–water partition coefficient (Wildman–Crippen LogP) is 3.08. The molecule has 4 rings (SSSR count). The van der Waals surface area contributed by atoms with Gasteiger partial charge in [0.25, 0.3) is 5.56 Å². The molecular weight excluding hydrogens is 288 g/mol. The van der Waals surface area contributed by atoms with Crippen LogP contribution in [0.3, 0.4) is 0 Å². The standard InChI is InChI=1S/C18H14N4O/c23-18-14-7-3-4-8-15(14)21-16(22-18)11-20-17-13-6-2-1-5-12(13)9-10-19-17/h1-10H,11H2,(H,19,20)(H,21,22,23). The zero-order valence-corrected chi connectivity index (χ0v) is 12.3. The molecule has 5 heteroatoms. The number of nitrogens with one attached hydrogen (secondary N) is 2. The van der Waals surface area contributed by atoms with Crippen LogP contribution < -0.4 is 10.9 Å². The molecule has 0 saturated carbocycles. The van der Waals surface area contributed by atoms with Gasteiger partial charge in [-0.2, -0.15) is 0 Å². The summed E-state index contributed by atoms with van der Waals surface area (Å²) >= 11 is 0. The summed E-state index contributed by atoms with van der Waals surface area (Å²) in [7, 11) is 0. The number of aromatic nitrogens is 3. The number of para-hydroxylation sites is 1. The SMILES string of the molecule is O=c1[nH]c(CNc2nccc3ccccc23)nc2ccccc12. The molecule has 2 aromatic heterocycles. The fourth-order valence-corrected chi connectivity index (χ4v) is 2.65. The summed E-state index contributed by atoms with van der Waals surface area (Å²) in [6.45, 7) is 0.404. The molecule has 0 unspecified atom stereocenters. The van der Waals surface area contributed by atoms with Gasteiger partial charge in [0.2, 0.25) is 0 Å². The lowest BCUT2D eigenvalue weighted by Crippen LogP contribution is -2.14. The van der Waals surface area contributed by atoms with E-state index in [9.17, 15) is 4.79 Å². The van der Waals surface area contributed by atoms with E-state index in [1.807, 2.05) is 48.5 Å². The normalized spacial score (nSPS) is 11.0. The van der Waals surface area contributed by atoms with Crippen molar-refractivity contribution in [2.24, 2.45) is 0 Å². The van der Waals surface area contributed by atoms with E-state index in [4.69, 9.17) is 0 Å². The topological polar surface area (TPSA) is 70.7 Å². The van der Waals surface area contributed by atoms with Crippen molar-refractivity contribution in [3.63, 3.8) is 0 Å². The van der Waals surface area contributed by atoms with Crippen molar-refractivity contribution in [1.82, 2.24) is 15.0 Å². The summed E-state index contributed by atoms with van der Waals surface area (Å²) in [5.41, 5.74) is 0.567. The van der Waals surface area contributed by atoms with Gasteiger partial charge in [-0.05, 0) is 23.6 Å². The first-order valence-electron chi connectivity index (χ1n) is 7.37. The molecule has 0 saturated heterocycles. The van der Waals surface area contributed by atoms with Crippen molar-refractivity contribution in [3.05, 3.63) is 77.0 Å². The van der Waals surface area contributed by atoms with Gasteiger partial charge >= 0.3 is 0 Å². The third kappa shape index (κ3) is 2.53. The molecule has 0 bridgehead atoms. The molecule has 0 amide bonds. The van der Waals surface area contributed by atoms with Gasteiger partial charge in [0.1, 0.15) is 11.6 Å². The van der Waals surface area contributed by atoms with Crippen LogP contribution in [0.4, 0.5) is 5.82 Å². The molecule has 0 atom stereocenters. The second-order valence-electron chi connectivity index (χ2n) is 5.26. The van der Waals surface area contributed by atoms with Crippen molar-refractivity contribution >= 4 is 27.5 Å². The molecule has 4 aromatic rings. The molecule has 0 aliphatic rings. The Labute approximate surface area is 132 Å². The van der Waals surface area contributed by atoms with Gasteiger partial charge in [0.15, 0.2) is 0 Å². The number of hydrogen-bond donors (Lipinski definition) is 2. The van der Waals surface area contributed by atoms with E-state index < -0.39 is 0 Å². The highest BCUT2D eigenvalue weighted by Crippen LogP contribution is 2.20. The maximum Gasteiger partial charge on any atom is 0.258 e. The number of anilines is 1. The average molecular weight is 302 g/mol. The van der Waals surface area contributed by atoms with Crippen molar-refractivity contribution in [2.45, 2.75) is 6.54 Å². The summed E-state index contributed by atoms with van der Waals surface area (Å²) in [6.07, 6.45) is 1.77. The van der Waals surface area contributed by atoms with Crippen molar-refractivity contribution in [2.75, 3.05) is 5.32 Å². The smallest absolute Gasteiger partial charge is 0.258 e. The van der Waals surface area contributed by atoms with E-state index in [0.29, 0.717) is 23.3 Å². The molecule has 0 aliphatic heterocycles. The Balaban J connectivity index is 1.67. The van der Waals surface area contributed by atoms with Gasteiger partial charge < -0.3 is 10.3 Å². The highest BCUT2D eigenvalue weighted by molar-refractivity contribution is 5.91. The van der Waals surface area contributed by atoms with Crippen LogP contribution in [0.2, 0.25) is 0 Å². The van der Waals surface area contributed by atoms with E-state index in [-0.39, 0.29) is 5.56 Å². The Morgan fingerprint density at radius 3 is 2.65 bits per heavy atom. The molecule has 0 fully saturated rings. The lowest BCUT2D eigenvalue weighted by atomic mass is 10.1. The quantitative estimate of drug-likeness (QED) is 0.610. The van der Waals surface area contributed by atoms with E-state index in [0.717, 1.165) is 16.6 Å². The van der Waals surface area contributed by atoms with Crippen LogP contribution in [-0.4, -0.2) is 15.0 Å². The molecule has 112 valence electrons. The number of rotatable bonds is 3. The van der Waals surface area contributed by atoms with Gasteiger partial charge in [0, 0.05) is 11.6 Å². The fourth-order valence-electron chi connectivity index (χ4n) is 2.65. The van der Waals surface area contributed by atoms with Crippen molar-refractivity contribution in [3.8, 4) is 0 Å². The highest BCUT2D eigenvalue weighted by Gasteiger charge is 2.05. The van der Waals surface area contributed by atoms with Gasteiger partial charge in [0.05, 0.1) is 17.4 Å². The lowest BCUT2D eigenvalue weighted by molar-refractivity contribution is 0.948. The van der Waals surface area contributed by atoms with Crippen molar-refractivity contribution in [1.29, 1.82) is 0 Å². The maximum atomic E-state index is 12.1. The van der Waals surface area contributed by atoms with Gasteiger partial charge in [-0.1, -0.05) is 36.4 Å². The number of pyridine rings is 1. The van der Waals surface area contributed by atoms with E-state index >= 15 is 0 Å². The zero-order chi connectivity index (χ0) is 15.6. The summed E-state index contributed by atoms with van der Waals surface area (Å²) in [5, 5.41) is 6.00. The number of nitrogens with zero attached hydrogens (tertiary/aromatic N) is 2. The first-order chi connectivity index (χ1) is 11.3. The molecule has 5 nitrogen and oxygen atoms in total. The predicted molar refractivity (Wildman–Crippen MR) is 91.4 cm³/mol. The van der Waals surface area contributed by atoms with Crippen molar-refractivity contribution < 1.29 is 0 Å². The maximum absolute atomic E-state index is 12.1. The van der Waals surface area contributed by atoms with Crippen LogP contribution in [0, 0.1) is 0 Å². The molecule has 2 heterocycles. The second kappa shape index (κ2) is 5.53. The van der Waals surface area contributed by atoms with Crippen LogP contribution >= 0.6 is 0 Å². The summed E-state index contributed by atoms with van der Waals surface area (Å²) < 4.78 is 0. The molecule has 0 radical (unpaired) electrons. The second-order valence-corrected chi connectivity index (χ2v) is 5.26. The Kier molecular flexibility index (Phi) is 3.24. The molecule has 0 aliphatic carbocycles. The molecule has 2 aromatic carbocycles. The largest absolute Gasteiger partial charge is 0.362 e. The fraction of sp³-hybridized carbons (Fsp3) is 0.0556. The number of fused-ring (bicyclic) bond motifs is 2. The zero-order valence-electron chi connectivity index (χ0n) is 12.3. The van der Waals surface area contributed by atoms with E-state index in [1.54, 1.807) is 12.3 Å². The number of hydrogen-bond acceptors (Lipinski definition) is 4. The monoisotopic (exact) mass is 302 g/mol. The molecule has 23 heavy (non-hydrogen) atoms. The third-order valence-electron chi connectivity index (χ3n) is 3.76. The summed E-state index contributed by atoms with van der Waals surface area (Å²) in [4.78, 5) is 23.8. The van der Waals surface area contributed by atoms with E-state index in [2.05, 4.69) is 20.3 Å². The van der Waals surface area contributed by atoms with Crippen LogP contribution in [0.15, 0.2) is 65.6 Å². The Morgan fingerprint density at radius 1 is 0.957 bits per heavy atom. The average Bonchev–Trinajstić information content (AvgIpc) is 2.60. The first-order valence-corrected chi connectivity index (χ1v) is 7.37. The Hall–Kier alpha value is -3.21. The minimum Gasteiger partial charge on any atom is -0.362 e. The minimum atomic E-state index is -0.127.